The highest BCUT2D eigenvalue weighted by atomic mass is 32.1. The first-order valence-electron chi connectivity index (χ1n) is 12.8. The van der Waals surface area contributed by atoms with Gasteiger partial charge in [-0.2, -0.15) is 9.97 Å². The Morgan fingerprint density at radius 3 is 2.44 bits per heavy atom. The Morgan fingerprint density at radius 1 is 1.00 bits per heavy atom. The molecule has 1 atom stereocenters. The van der Waals surface area contributed by atoms with Crippen molar-refractivity contribution < 1.29 is 4.39 Å². The molecule has 8 heteroatoms. The molecule has 2 saturated heterocycles. The van der Waals surface area contributed by atoms with Crippen molar-refractivity contribution in [2.24, 2.45) is 0 Å². The Hall–Kier alpha value is -2.48. The molecule has 2 aliphatic heterocycles. The zero-order valence-corrected chi connectivity index (χ0v) is 21.0. The topological polar surface area (TPSA) is 56.3 Å². The lowest BCUT2D eigenvalue weighted by Crippen LogP contribution is -2.38. The molecular weight excluding hydrogens is 447 g/mol. The van der Waals surface area contributed by atoms with Crippen molar-refractivity contribution in [3.05, 3.63) is 41.7 Å². The molecule has 3 heterocycles. The summed E-state index contributed by atoms with van der Waals surface area (Å²) < 4.78 is 13.1. The molecule has 6 nitrogen and oxygen atoms in total. The van der Waals surface area contributed by atoms with E-state index in [1.165, 1.54) is 57.1 Å². The van der Waals surface area contributed by atoms with Crippen LogP contribution >= 0.6 is 12.2 Å². The van der Waals surface area contributed by atoms with Gasteiger partial charge in [-0.15, -0.1) is 0 Å². The third kappa shape index (κ3) is 7.01. The third-order valence-electron chi connectivity index (χ3n) is 6.79. The van der Waals surface area contributed by atoms with Crippen LogP contribution in [-0.2, 0) is 6.42 Å². The van der Waals surface area contributed by atoms with Gasteiger partial charge in [-0.3, -0.25) is 0 Å². The van der Waals surface area contributed by atoms with Gasteiger partial charge >= 0.3 is 0 Å². The average molecular weight is 485 g/mol. The number of anilines is 3. The highest BCUT2D eigenvalue weighted by molar-refractivity contribution is 7.80. The van der Waals surface area contributed by atoms with Crippen LogP contribution < -0.4 is 20.4 Å². The number of thiocarbonyl (C=S) groups is 1. The Kier molecular flexibility index (Phi) is 8.91. The Morgan fingerprint density at radius 2 is 1.71 bits per heavy atom. The number of piperidine rings is 1. The summed E-state index contributed by atoms with van der Waals surface area (Å²) in [4.78, 5) is 14.5. The van der Waals surface area contributed by atoms with Crippen molar-refractivity contribution in [3.63, 3.8) is 0 Å². The van der Waals surface area contributed by atoms with Gasteiger partial charge in [0.25, 0.3) is 0 Å². The number of aryl methyl sites for hydroxylation is 1. The molecule has 0 aliphatic carbocycles. The van der Waals surface area contributed by atoms with Gasteiger partial charge in [0.2, 0.25) is 5.95 Å². The lowest BCUT2D eigenvalue weighted by molar-refractivity contribution is 0.481. The maximum absolute atomic E-state index is 13.1. The van der Waals surface area contributed by atoms with Gasteiger partial charge in [-0.25, -0.2) is 4.39 Å². The molecule has 0 unspecified atom stereocenters. The summed E-state index contributed by atoms with van der Waals surface area (Å²) in [5.74, 6) is 2.34. The lowest BCUT2D eigenvalue weighted by atomic mass is 10.0. The van der Waals surface area contributed by atoms with Crippen molar-refractivity contribution in [2.75, 3.05) is 41.3 Å². The van der Waals surface area contributed by atoms with Crippen LogP contribution in [0.15, 0.2) is 30.3 Å². The molecule has 0 saturated carbocycles. The van der Waals surface area contributed by atoms with Crippen LogP contribution in [0.1, 0.15) is 63.9 Å². The minimum atomic E-state index is -0.201. The van der Waals surface area contributed by atoms with Crippen LogP contribution in [0.4, 0.5) is 22.0 Å². The Labute approximate surface area is 208 Å². The number of hydrogen-bond donors (Lipinski definition) is 2. The van der Waals surface area contributed by atoms with E-state index in [0.29, 0.717) is 17.1 Å². The molecule has 184 valence electrons. The quantitative estimate of drug-likeness (QED) is 0.409. The number of benzene rings is 1. The van der Waals surface area contributed by atoms with Crippen LogP contribution in [0.5, 0.6) is 0 Å². The summed E-state index contributed by atoms with van der Waals surface area (Å²) in [6.07, 6.45) is 10.4. The Balaban J connectivity index is 1.40. The third-order valence-corrected chi connectivity index (χ3v) is 7.04. The zero-order chi connectivity index (χ0) is 23.8. The molecule has 1 aromatic carbocycles. The summed E-state index contributed by atoms with van der Waals surface area (Å²) in [5, 5.41) is 7.03. The molecule has 34 heavy (non-hydrogen) atoms. The maximum atomic E-state index is 13.1. The molecule has 2 aliphatic rings. The average Bonchev–Trinajstić information content (AvgIpc) is 3.13. The minimum absolute atomic E-state index is 0.201. The second kappa shape index (κ2) is 12.3. The fourth-order valence-corrected chi connectivity index (χ4v) is 5.01. The fourth-order valence-electron chi connectivity index (χ4n) is 4.82. The van der Waals surface area contributed by atoms with E-state index in [1.54, 1.807) is 0 Å². The van der Waals surface area contributed by atoms with Gasteiger partial charge < -0.3 is 20.4 Å². The van der Waals surface area contributed by atoms with Gasteiger partial charge in [0.15, 0.2) is 5.11 Å². The second-order valence-electron chi connectivity index (χ2n) is 9.46. The zero-order valence-electron chi connectivity index (χ0n) is 20.2. The van der Waals surface area contributed by atoms with E-state index in [2.05, 4.69) is 33.4 Å². The van der Waals surface area contributed by atoms with E-state index >= 15 is 0 Å². The first-order valence-corrected chi connectivity index (χ1v) is 13.2. The molecule has 2 N–H and O–H groups in total. The summed E-state index contributed by atoms with van der Waals surface area (Å²) in [7, 11) is 0. The molecule has 0 bridgehead atoms. The van der Waals surface area contributed by atoms with Crippen molar-refractivity contribution >= 4 is 34.9 Å². The van der Waals surface area contributed by atoms with Gasteiger partial charge in [0.1, 0.15) is 17.5 Å². The van der Waals surface area contributed by atoms with E-state index < -0.39 is 0 Å². The van der Waals surface area contributed by atoms with E-state index in [4.69, 9.17) is 22.2 Å². The van der Waals surface area contributed by atoms with E-state index in [9.17, 15) is 4.39 Å². The molecule has 4 rings (SSSR count). The maximum Gasteiger partial charge on any atom is 0.232 e. The molecule has 2 aromatic rings. The van der Waals surface area contributed by atoms with Gasteiger partial charge in [0.05, 0.1) is 0 Å². The van der Waals surface area contributed by atoms with Crippen molar-refractivity contribution in [2.45, 2.75) is 70.8 Å². The summed E-state index contributed by atoms with van der Waals surface area (Å²) in [6.45, 7) is 6.12. The molecule has 1 aromatic heterocycles. The van der Waals surface area contributed by atoms with E-state index in [0.717, 1.165) is 56.2 Å². The number of aromatic nitrogens is 2. The molecule has 2 fully saturated rings. The molecule has 0 spiro atoms. The van der Waals surface area contributed by atoms with Crippen LogP contribution in [0.25, 0.3) is 0 Å². The predicted molar refractivity (Wildman–Crippen MR) is 142 cm³/mol. The summed E-state index contributed by atoms with van der Waals surface area (Å²) in [6, 6.07) is 9.31. The second-order valence-corrected chi connectivity index (χ2v) is 9.87. The van der Waals surface area contributed by atoms with Gasteiger partial charge in [-0.1, -0.05) is 25.0 Å². The Bertz CT molecular complexity index is 929. The first kappa shape index (κ1) is 24.6. The van der Waals surface area contributed by atoms with E-state index in [1.807, 2.05) is 12.1 Å². The largest absolute Gasteiger partial charge is 0.362 e. The molecular formula is C26H37FN6S. The lowest BCUT2D eigenvalue weighted by Gasteiger charge is -2.35. The highest BCUT2D eigenvalue weighted by Crippen LogP contribution is 2.28. The monoisotopic (exact) mass is 484 g/mol. The number of nitrogens with one attached hydrogen (secondary N) is 2. The normalized spacial score (nSPS) is 18.9. The standard InChI is InChI=1S/C26H37FN6S/c1-20-9-4-7-18-33(20)24-19-23(32-16-5-2-3-6-17-32)29-25(30-24)31-26(34)28-15-8-10-21-11-13-22(27)14-12-21/h11-14,19-20H,2-10,15-18H2,1H3,(H2,28,29,30,31,34)/t20-/m1/s1. The predicted octanol–water partition coefficient (Wildman–Crippen LogP) is 5.29. The summed E-state index contributed by atoms with van der Waals surface area (Å²) in [5.41, 5.74) is 1.12. The van der Waals surface area contributed by atoms with Gasteiger partial charge in [-0.05, 0) is 81.8 Å². The number of hydrogen-bond acceptors (Lipinski definition) is 5. The SMILES string of the molecule is C[C@@H]1CCCCN1c1cc(N2CCCCCC2)nc(NC(=S)NCCCc2ccc(F)cc2)n1. The number of halogens is 1. The first-order chi connectivity index (χ1) is 16.6. The number of nitrogens with zero attached hydrogens (tertiary/aromatic N) is 4. The number of rotatable bonds is 7. The van der Waals surface area contributed by atoms with Crippen molar-refractivity contribution in [1.29, 1.82) is 0 Å². The van der Waals surface area contributed by atoms with Crippen LogP contribution in [-0.4, -0.2) is 47.3 Å². The fraction of sp³-hybridized carbons (Fsp3) is 0.577. The van der Waals surface area contributed by atoms with Gasteiger partial charge in [0, 0.05) is 38.3 Å². The van der Waals surface area contributed by atoms with Crippen LogP contribution in [0.3, 0.4) is 0 Å². The van der Waals surface area contributed by atoms with Crippen molar-refractivity contribution in [1.82, 2.24) is 15.3 Å². The molecule has 0 amide bonds. The smallest absolute Gasteiger partial charge is 0.232 e. The van der Waals surface area contributed by atoms with Crippen molar-refractivity contribution in [3.8, 4) is 0 Å². The van der Waals surface area contributed by atoms with Crippen LogP contribution in [0.2, 0.25) is 0 Å². The summed E-state index contributed by atoms with van der Waals surface area (Å²) >= 11 is 5.55. The highest BCUT2D eigenvalue weighted by Gasteiger charge is 2.22. The minimum Gasteiger partial charge on any atom is -0.362 e. The molecule has 0 radical (unpaired) electrons. The van der Waals surface area contributed by atoms with Crippen LogP contribution in [0, 0.1) is 5.82 Å². The van der Waals surface area contributed by atoms with E-state index in [-0.39, 0.29) is 5.82 Å².